The summed E-state index contributed by atoms with van der Waals surface area (Å²) >= 11 is 0. The molecule has 0 aliphatic carbocycles. The number of phenolic OH excluding ortho intramolecular Hbond substituents is 1. The quantitative estimate of drug-likeness (QED) is 0.569. The van der Waals surface area contributed by atoms with E-state index in [1.54, 1.807) is 0 Å². The number of carbonyl (C=O) groups is 1. The molecule has 0 unspecified atom stereocenters. The number of ether oxygens (including phenoxy) is 1. The Hall–Kier alpha value is -2.50. The first kappa shape index (κ1) is 11.0. The van der Waals surface area contributed by atoms with Gasteiger partial charge in [-0.05, 0) is 12.1 Å². The van der Waals surface area contributed by atoms with Gasteiger partial charge in [0.05, 0.1) is 5.39 Å². The van der Waals surface area contributed by atoms with E-state index in [9.17, 15) is 19.8 Å². The molecule has 0 fully saturated rings. The van der Waals surface area contributed by atoms with Crippen molar-refractivity contribution in [3.05, 3.63) is 28.6 Å². The third kappa shape index (κ3) is 1.92. The number of hydrogen-bond acceptors (Lipinski definition) is 6. The Labute approximate surface area is 94.7 Å². The minimum atomic E-state index is -0.990. The molecule has 0 bridgehead atoms. The lowest BCUT2D eigenvalue weighted by Crippen LogP contribution is -2.11. The first-order chi connectivity index (χ1) is 7.99. The van der Waals surface area contributed by atoms with Gasteiger partial charge in [-0.15, -0.1) is 0 Å². The molecule has 6 nitrogen and oxygen atoms in total. The first-order valence-electron chi connectivity index (χ1n) is 4.66. The topological polar surface area (TPSA) is 97.0 Å². The van der Waals surface area contributed by atoms with Crippen molar-refractivity contribution in [3.63, 3.8) is 0 Å². The smallest absolute Gasteiger partial charge is 0.383 e. The molecule has 0 atom stereocenters. The van der Waals surface area contributed by atoms with Crippen LogP contribution in [-0.4, -0.2) is 16.2 Å². The lowest BCUT2D eigenvalue weighted by atomic mass is 10.2. The second-order valence-electron chi connectivity index (χ2n) is 3.34. The molecular formula is C11H8O6. The van der Waals surface area contributed by atoms with Gasteiger partial charge < -0.3 is 19.4 Å². The highest BCUT2D eigenvalue weighted by Gasteiger charge is 2.17. The Balaban J connectivity index is 2.76. The van der Waals surface area contributed by atoms with Crippen molar-refractivity contribution in [1.29, 1.82) is 0 Å². The Morgan fingerprint density at radius 3 is 2.71 bits per heavy atom. The molecule has 2 aromatic rings. The van der Waals surface area contributed by atoms with E-state index in [2.05, 4.69) is 4.74 Å². The van der Waals surface area contributed by atoms with Crippen LogP contribution in [0, 0.1) is 0 Å². The molecule has 0 aliphatic heterocycles. The van der Waals surface area contributed by atoms with Crippen molar-refractivity contribution in [2.24, 2.45) is 0 Å². The van der Waals surface area contributed by atoms with Gasteiger partial charge in [0.15, 0.2) is 5.75 Å². The molecule has 2 rings (SSSR count). The van der Waals surface area contributed by atoms with Crippen molar-refractivity contribution in [2.75, 3.05) is 0 Å². The summed E-state index contributed by atoms with van der Waals surface area (Å²) in [5.41, 5.74) is -0.987. The van der Waals surface area contributed by atoms with Gasteiger partial charge >= 0.3 is 11.6 Å². The average Bonchev–Trinajstić information content (AvgIpc) is 2.23. The van der Waals surface area contributed by atoms with Crippen molar-refractivity contribution in [1.82, 2.24) is 0 Å². The molecule has 1 aromatic heterocycles. The average molecular weight is 236 g/mol. The van der Waals surface area contributed by atoms with Crippen molar-refractivity contribution in [2.45, 2.75) is 6.92 Å². The zero-order valence-corrected chi connectivity index (χ0v) is 8.76. The molecule has 0 aliphatic rings. The Morgan fingerprint density at radius 1 is 1.35 bits per heavy atom. The maximum atomic E-state index is 11.4. The maximum absolute atomic E-state index is 11.4. The highest BCUT2D eigenvalue weighted by molar-refractivity contribution is 5.87. The molecular weight excluding hydrogens is 228 g/mol. The van der Waals surface area contributed by atoms with Crippen LogP contribution in [-0.2, 0) is 4.79 Å². The molecule has 88 valence electrons. The SMILES string of the molecule is CC(=O)Oc1c(O)c2ccc(O)cc2oc1=O. The molecule has 6 heteroatoms. The predicted molar refractivity (Wildman–Crippen MR) is 57.1 cm³/mol. The normalized spacial score (nSPS) is 10.4. The fourth-order valence-corrected chi connectivity index (χ4v) is 1.39. The first-order valence-corrected chi connectivity index (χ1v) is 4.66. The largest absolute Gasteiger partial charge is 0.508 e. The molecule has 0 radical (unpaired) electrons. The van der Waals surface area contributed by atoms with Gasteiger partial charge in [-0.25, -0.2) is 4.79 Å². The van der Waals surface area contributed by atoms with Gasteiger partial charge in [0.25, 0.3) is 5.75 Å². The minimum Gasteiger partial charge on any atom is -0.508 e. The van der Waals surface area contributed by atoms with E-state index in [4.69, 9.17) is 4.42 Å². The van der Waals surface area contributed by atoms with Crippen LogP contribution in [0.1, 0.15) is 6.92 Å². The zero-order chi connectivity index (χ0) is 12.6. The summed E-state index contributed by atoms with van der Waals surface area (Å²) in [5, 5.41) is 19.1. The van der Waals surface area contributed by atoms with E-state index in [1.165, 1.54) is 18.2 Å². The number of benzene rings is 1. The van der Waals surface area contributed by atoms with E-state index >= 15 is 0 Å². The molecule has 0 spiro atoms. The fourth-order valence-electron chi connectivity index (χ4n) is 1.39. The van der Waals surface area contributed by atoms with Gasteiger partial charge in [-0.2, -0.15) is 0 Å². The van der Waals surface area contributed by atoms with Gasteiger partial charge in [0.2, 0.25) is 0 Å². The molecule has 17 heavy (non-hydrogen) atoms. The number of fused-ring (bicyclic) bond motifs is 1. The number of carbonyl (C=O) groups excluding carboxylic acids is 1. The van der Waals surface area contributed by atoms with Crippen LogP contribution in [0.2, 0.25) is 0 Å². The van der Waals surface area contributed by atoms with Crippen LogP contribution < -0.4 is 10.4 Å². The van der Waals surface area contributed by atoms with E-state index < -0.39 is 23.1 Å². The highest BCUT2D eigenvalue weighted by atomic mass is 16.6. The van der Waals surface area contributed by atoms with E-state index in [1.807, 2.05) is 0 Å². The highest BCUT2D eigenvalue weighted by Crippen LogP contribution is 2.32. The summed E-state index contributed by atoms with van der Waals surface area (Å²) in [5.74, 6) is -1.91. The molecule has 1 heterocycles. The van der Waals surface area contributed by atoms with Gasteiger partial charge in [-0.3, -0.25) is 4.79 Å². The monoisotopic (exact) mass is 236 g/mol. The van der Waals surface area contributed by atoms with Crippen LogP contribution in [0.4, 0.5) is 0 Å². The number of hydrogen-bond donors (Lipinski definition) is 2. The molecule has 0 saturated carbocycles. The molecule has 2 N–H and O–H groups in total. The van der Waals surface area contributed by atoms with Crippen LogP contribution in [0.5, 0.6) is 17.2 Å². The number of esters is 1. The minimum absolute atomic E-state index is 0.00315. The zero-order valence-electron chi connectivity index (χ0n) is 8.76. The lowest BCUT2D eigenvalue weighted by Gasteiger charge is -2.05. The Morgan fingerprint density at radius 2 is 2.06 bits per heavy atom. The van der Waals surface area contributed by atoms with Crippen molar-refractivity contribution < 1.29 is 24.2 Å². The number of rotatable bonds is 1. The van der Waals surface area contributed by atoms with Gasteiger partial charge in [0.1, 0.15) is 11.3 Å². The molecule has 1 aromatic carbocycles. The number of phenols is 1. The Kier molecular flexibility index (Phi) is 2.47. The van der Waals surface area contributed by atoms with Crippen LogP contribution >= 0.6 is 0 Å². The van der Waals surface area contributed by atoms with E-state index in [-0.39, 0.29) is 16.7 Å². The summed E-state index contributed by atoms with van der Waals surface area (Å²) in [6, 6.07) is 3.82. The third-order valence-corrected chi connectivity index (χ3v) is 2.07. The van der Waals surface area contributed by atoms with Gasteiger partial charge in [0, 0.05) is 13.0 Å². The summed E-state index contributed by atoms with van der Waals surface area (Å²) in [7, 11) is 0. The standard InChI is InChI=1S/C11H8O6/c1-5(12)16-10-9(14)7-3-2-6(13)4-8(7)17-11(10)15/h2-4,13-14H,1H3. The van der Waals surface area contributed by atoms with E-state index in [0.29, 0.717) is 0 Å². The summed E-state index contributed by atoms with van der Waals surface area (Å²) in [6.45, 7) is 1.10. The lowest BCUT2D eigenvalue weighted by molar-refractivity contribution is -0.132. The molecule has 0 saturated heterocycles. The summed E-state index contributed by atoms with van der Waals surface area (Å²) in [4.78, 5) is 22.2. The van der Waals surface area contributed by atoms with Crippen LogP contribution in [0.15, 0.2) is 27.4 Å². The van der Waals surface area contributed by atoms with Crippen molar-refractivity contribution >= 4 is 16.9 Å². The van der Waals surface area contributed by atoms with E-state index in [0.717, 1.165) is 6.92 Å². The maximum Gasteiger partial charge on any atom is 0.383 e. The molecule has 0 amide bonds. The fraction of sp³-hybridized carbons (Fsp3) is 0.0909. The second-order valence-corrected chi connectivity index (χ2v) is 3.34. The Bertz CT molecular complexity index is 655. The second kappa shape index (κ2) is 3.82. The van der Waals surface area contributed by atoms with Crippen LogP contribution in [0.25, 0.3) is 11.0 Å². The van der Waals surface area contributed by atoms with Crippen LogP contribution in [0.3, 0.4) is 0 Å². The summed E-state index contributed by atoms with van der Waals surface area (Å²) in [6.07, 6.45) is 0. The van der Waals surface area contributed by atoms with Crippen molar-refractivity contribution in [3.8, 4) is 17.2 Å². The third-order valence-electron chi connectivity index (χ3n) is 2.07. The summed E-state index contributed by atoms with van der Waals surface area (Å²) < 4.78 is 9.36. The number of aromatic hydroxyl groups is 2. The predicted octanol–water partition coefficient (Wildman–Crippen LogP) is 1.13. The van der Waals surface area contributed by atoms with Gasteiger partial charge in [-0.1, -0.05) is 0 Å².